The van der Waals surface area contributed by atoms with E-state index in [1.807, 2.05) is 0 Å². The van der Waals surface area contributed by atoms with E-state index >= 15 is 0 Å². The van der Waals surface area contributed by atoms with Gasteiger partial charge in [-0.1, -0.05) is 0 Å². The lowest BCUT2D eigenvalue weighted by molar-refractivity contribution is 0.0572. The Balaban J connectivity index is 2.20. The number of nitrogens with zero attached hydrogens (tertiary/aromatic N) is 2. The maximum Gasteiger partial charge on any atom is 0.259 e. The summed E-state index contributed by atoms with van der Waals surface area (Å²) in [7, 11) is 1.44. The van der Waals surface area contributed by atoms with Crippen LogP contribution < -0.4 is 4.74 Å². The summed E-state index contributed by atoms with van der Waals surface area (Å²) in [6.07, 6.45) is -0.244. The molecule has 2 heterocycles. The van der Waals surface area contributed by atoms with Crippen molar-refractivity contribution in [2.45, 2.75) is 12.2 Å². The number of carbonyl (C=O) groups excluding carboxylic acids is 1. The molecule has 1 aliphatic rings. The van der Waals surface area contributed by atoms with Gasteiger partial charge >= 0.3 is 0 Å². The van der Waals surface area contributed by atoms with Gasteiger partial charge in [0.15, 0.2) is 0 Å². The van der Waals surface area contributed by atoms with Crippen LogP contribution in [0.4, 0.5) is 0 Å². The first-order valence-corrected chi connectivity index (χ1v) is 5.28. The summed E-state index contributed by atoms with van der Waals surface area (Å²) in [6, 6.07) is 3.24. The summed E-state index contributed by atoms with van der Waals surface area (Å²) < 4.78 is 5.00. The molecule has 2 rings (SSSR count). The van der Waals surface area contributed by atoms with Crippen LogP contribution in [0, 0.1) is 0 Å². The van der Waals surface area contributed by atoms with Gasteiger partial charge < -0.3 is 19.8 Å². The summed E-state index contributed by atoms with van der Waals surface area (Å²) in [6.45, 7) is 0.246. The fourth-order valence-corrected chi connectivity index (χ4v) is 1.82. The molecule has 6 nitrogen and oxygen atoms in total. The Morgan fingerprint density at radius 3 is 2.71 bits per heavy atom. The lowest BCUT2D eigenvalue weighted by Gasteiger charge is -2.16. The van der Waals surface area contributed by atoms with Gasteiger partial charge in [0.25, 0.3) is 5.91 Å². The molecular weight excluding hydrogens is 224 g/mol. The molecule has 1 amide bonds. The van der Waals surface area contributed by atoms with Crippen LogP contribution in [0.3, 0.4) is 0 Å². The third-order valence-electron chi connectivity index (χ3n) is 2.74. The first kappa shape index (κ1) is 11.8. The minimum Gasteiger partial charge on any atom is -0.480 e. The third kappa shape index (κ3) is 2.22. The third-order valence-corrected chi connectivity index (χ3v) is 2.74. The maximum atomic E-state index is 12.1. The van der Waals surface area contributed by atoms with Crippen LogP contribution in [0.1, 0.15) is 10.4 Å². The number of hydrogen-bond acceptors (Lipinski definition) is 5. The monoisotopic (exact) mass is 238 g/mol. The van der Waals surface area contributed by atoms with Crippen molar-refractivity contribution in [2.24, 2.45) is 0 Å². The van der Waals surface area contributed by atoms with Gasteiger partial charge in [-0.3, -0.25) is 4.79 Å². The number of carbonyl (C=O) groups is 1. The van der Waals surface area contributed by atoms with E-state index in [2.05, 4.69) is 4.98 Å². The first-order chi connectivity index (χ1) is 8.13. The number of aromatic nitrogens is 1. The minimum absolute atomic E-state index is 0.123. The van der Waals surface area contributed by atoms with Crippen molar-refractivity contribution in [3.05, 3.63) is 23.9 Å². The zero-order valence-corrected chi connectivity index (χ0v) is 9.41. The number of pyridine rings is 1. The van der Waals surface area contributed by atoms with Crippen LogP contribution in [0.5, 0.6) is 5.88 Å². The number of ether oxygens (including phenoxy) is 1. The summed E-state index contributed by atoms with van der Waals surface area (Å²) >= 11 is 0. The molecule has 0 radical (unpaired) electrons. The number of amides is 1. The van der Waals surface area contributed by atoms with Gasteiger partial charge in [0.05, 0.1) is 19.3 Å². The average Bonchev–Trinajstić information content (AvgIpc) is 2.68. The summed E-state index contributed by atoms with van der Waals surface area (Å²) in [5.41, 5.74) is 0.330. The number of hydrogen-bond donors (Lipinski definition) is 2. The molecule has 0 aromatic carbocycles. The van der Waals surface area contributed by atoms with Crippen molar-refractivity contribution in [1.29, 1.82) is 0 Å². The van der Waals surface area contributed by atoms with Crippen molar-refractivity contribution < 1.29 is 19.7 Å². The molecule has 0 spiro atoms. The van der Waals surface area contributed by atoms with Gasteiger partial charge in [-0.05, 0) is 12.1 Å². The Kier molecular flexibility index (Phi) is 3.26. The summed E-state index contributed by atoms with van der Waals surface area (Å²) in [5.74, 6) is -0.0565. The van der Waals surface area contributed by atoms with E-state index in [9.17, 15) is 15.0 Å². The van der Waals surface area contributed by atoms with Crippen molar-refractivity contribution in [2.75, 3.05) is 20.2 Å². The van der Waals surface area contributed by atoms with Crippen molar-refractivity contribution >= 4 is 5.91 Å². The van der Waals surface area contributed by atoms with Crippen LogP contribution in [0.25, 0.3) is 0 Å². The smallest absolute Gasteiger partial charge is 0.259 e. The van der Waals surface area contributed by atoms with E-state index in [0.717, 1.165) is 0 Å². The van der Waals surface area contributed by atoms with Gasteiger partial charge in [0, 0.05) is 19.3 Å². The van der Waals surface area contributed by atoms with Gasteiger partial charge in [0.2, 0.25) is 5.88 Å². The second kappa shape index (κ2) is 4.68. The average molecular weight is 238 g/mol. The van der Waals surface area contributed by atoms with Gasteiger partial charge in [-0.2, -0.15) is 0 Å². The van der Waals surface area contributed by atoms with Crippen molar-refractivity contribution in [1.82, 2.24) is 9.88 Å². The number of aliphatic hydroxyl groups excluding tert-OH is 2. The van der Waals surface area contributed by atoms with Crippen LogP contribution in [0.2, 0.25) is 0 Å². The standard InChI is InChI=1S/C11H14N2O4/c1-17-10-7(3-2-4-12-10)11(16)13-5-8(14)9(15)6-13/h2-4,8-9,14-15H,5-6H2,1H3. The van der Waals surface area contributed by atoms with E-state index in [-0.39, 0.29) is 24.9 Å². The van der Waals surface area contributed by atoms with Crippen LogP contribution in [-0.2, 0) is 0 Å². The Bertz CT molecular complexity index is 414. The van der Waals surface area contributed by atoms with E-state index < -0.39 is 12.2 Å². The molecule has 2 atom stereocenters. The molecule has 6 heteroatoms. The van der Waals surface area contributed by atoms with Crippen LogP contribution in [0.15, 0.2) is 18.3 Å². The van der Waals surface area contributed by atoms with Crippen molar-refractivity contribution in [3.63, 3.8) is 0 Å². The zero-order chi connectivity index (χ0) is 12.4. The quantitative estimate of drug-likeness (QED) is 0.709. The molecule has 1 fully saturated rings. The van der Waals surface area contributed by atoms with E-state index in [1.54, 1.807) is 12.1 Å². The van der Waals surface area contributed by atoms with Gasteiger partial charge in [-0.25, -0.2) is 4.98 Å². The number of rotatable bonds is 2. The highest BCUT2D eigenvalue weighted by Crippen LogP contribution is 2.19. The predicted octanol–water partition coefficient (Wildman–Crippen LogP) is -0.732. The Labute approximate surface area is 98.5 Å². The number of aliphatic hydroxyl groups is 2. The van der Waals surface area contributed by atoms with E-state index in [4.69, 9.17) is 4.74 Å². The summed E-state index contributed by atoms with van der Waals surface area (Å²) in [4.78, 5) is 17.4. The highest BCUT2D eigenvalue weighted by Gasteiger charge is 2.33. The highest BCUT2D eigenvalue weighted by atomic mass is 16.5. The fraction of sp³-hybridized carbons (Fsp3) is 0.455. The Hall–Kier alpha value is -1.66. The Morgan fingerprint density at radius 2 is 2.12 bits per heavy atom. The maximum absolute atomic E-state index is 12.1. The topological polar surface area (TPSA) is 82.9 Å². The van der Waals surface area contributed by atoms with E-state index in [1.165, 1.54) is 18.2 Å². The lowest BCUT2D eigenvalue weighted by Crippen LogP contribution is -2.30. The zero-order valence-electron chi connectivity index (χ0n) is 9.41. The Morgan fingerprint density at radius 1 is 1.47 bits per heavy atom. The fourth-order valence-electron chi connectivity index (χ4n) is 1.82. The lowest BCUT2D eigenvalue weighted by atomic mass is 10.2. The molecule has 0 aliphatic carbocycles. The highest BCUT2D eigenvalue weighted by molar-refractivity contribution is 5.96. The molecule has 1 saturated heterocycles. The summed E-state index contributed by atoms with van der Waals surface area (Å²) in [5, 5.41) is 18.8. The first-order valence-electron chi connectivity index (χ1n) is 5.28. The van der Waals surface area contributed by atoms with Crippen molar-refractivity contribution in [3.8, 4) is 5.88 Å². The van der Waals surface area contributed by atoms with Crippen LogP contribution in [-0.4, -0.2) is 58.4 Å². The molecule has 0 saturated carbocycles. The SMILES string of the molecule is COc1ncccc1C(=O)N1CC(O)C(O)C1. The largest absolute Gasteiger partial charge is 0.480 e. The van der Waals surface area contributed by atoms with Crippen LogP contribution >= 0.6 is 0 Å². The normalized spacial score (nSPS) is 23.8. The molecule has 92 valence electrons. The molecule has 1 aromatic heterocycles. The minimum atomic E-state index is -0.887. The molecule has 2 N–H and O–H groups in total. The molecular formula is C11H14N2O4. The second-order valence-corrected chi connectivity index (χ2v) is 3.91. The number of β-amino-alcohol motifs (C(OH)–C–C–N with tert-alkyl or cyclic N) is 2. The number of likely N-dealkylation sites (tertiary alicyclic amines) is 1. The molecule has 1 aromatic rings. The van der Waals surface area contributed by atoms with E-state index in [0.29, 0.717) is 5.56 Å². The molecule has 17 heavy (non-hydrogen) atoms. The van der Waals surface area contributed by atoms with Gasteiger partial charge in [-0.15, -0.1) is 0 Å². The molecule has 2 unspecified atom stereocenters. The molecule has 0 bridgehead atoms. The second-order valence-electron chi connectivity index (χ2n) is 3.91. The predicted molar refractivity (Wildman–Crippen MR) is 58.7 cm³/mol. The number of methoxy groups -OCH3 is 1. The van der Waals surface area contributed by atoms with Gasteiger partial charge in [0.1, 0.15) is 5.56 Å². The molecule has 1 aliphatic heterocycles.